The maximum Gasteiger partial charge on any atom is 0.0105 e. The van der Waals surface area contributed by atoms with Crippen LogP contribution in [0.3, 0.4) is 0 Å². The Bertz CT molecular complexity index is 318. The molecule has 0 bridgehead atoms. The van der Waals surface area contributed by atoms with Crippen molar-refractivity contribution in [3.63, 3.8) is 0 Å². The van der Waals surface area contributed by atoms with Crippen molar-refractivity contribution in [1.82, 2.24) is 0 Å². The van der Waals surface area contributed by atoms with Gasteiger partial charge in [-0.2, -0.15) is 0 Å². The number of hydrogen-bond acceptors (Lipinski definition) is 1. The van der Waals surface area contributed by atoms with Crippen LogP contribution in [0.1, 0.15) is 50.8 Å². The first-order valence-corrected chi connectivity index (χ1v) is 7.38. The number of halogens is 1. The Morgan fingerprint density at radius 1 is 1.07 bits per heavy atom. The standard InChI is InChI=1S/C13H21BrS/c1-12(2,3)10-6-7-11(15-10)13(4,5)8-9-14/h6-7H,8-9H2,1-5H3. The number of thiophene rings is 1. The second-order valence-electron chi connectivity index (χ2n) is 5.74. The van der Waals surface area contributed by atoms with Crippen LogP contribution in [-0.4, -0.2) is 5.33 Å². The monoisotopic (exact) mass is 288 g/mol. The summed E-state index contributed by atoms with van der Waals surface area (Å²) in [5.74, 6) is 0. The van der Waals surface area contributed by atoms with Gasteiger partial charge in [0.05, 0.1) is 0 Å². The molecule has 15 heavy (non-hydrogen) atoms. The molecule has 1 rings (SSSR count). The average molecular weight is 289 g/mol. The first-order chi connectivity index (χ1) is 6.77. The van der Waals surface area contributed by atoms with Crippen LogP contribution in [0.25, 0.3) is 0 Å². The largest absolute Gasteiger partial charge is 0.144 e. The molecular weight excluding hydrogens is 268 g/mol. The summed E-state index contributed by atoms with van der Waals surface area (Å²) in [6.45, 7) is 11.5. The van der Waals surface area contributed by atoms with Crippen molar-refractivity contribution in [3.05, 3.63) is 21.9 Å². The molecule has 0 radical (unpaired) electrons. The van der Waals surface area contributed by atoms with Crippen molar-refractivity contribution in [2.24, 2.45) is 0 Å². The van der Waals surface area contributed by atoms with Gasteiger partial charge >= 0.3 is 0 Å². The van der Waals surface area contributed by atoms with E-state index in [4.69, 9.17) is 0 Å². The molecule has 0 saturated heterocycles. The summed E-state index contributed by atoms with van der Waals surface area (Å²) in [5.41, 5.74) is 0.588. The third-order valence-electron chi connectivity index (χ3n) is 2.73. The first-order valence-electron chi connectivity index (χ1n) is 5.44. The van der Waals surface area contributed by atoms with Crippen molar-refractivity contribution in [1.29, 1.82) is 0 Å². The Balaban J connectivity index is 2.94. The lowest BCUT2D eigenvalue weighted by molar-refractivity contribution is 0.523. The molecule has 2 heteroatoms. The molecule has 0 aromatic carbocycles. The maximum atomic E-state index is 3.53. The zero-order valence-electron chi connectivity index (χ0n) is 10.4. The summed E-state index contributed by atoms with van der Waals surface area (Å²) in [4.78, 5) is 2.99. The van der Waals surface area contributed by atoms with Gasteiger partial charge in [0, 0.05) is 15.1 Å². The Morgan fingerprint density at radius 2 is 1.60 bits per heavy atom. The zero-order valence-corrected chi connectivity index (χ0v) is 12.8. The SMILES string of the molecule is CC(C)(C)c1ccc(C(C)(C)CCBr)s1. The molecule has 1 aromatic rings. The number of rotatable bonds is 3. The lowest BCUT2D eigenvalue weighted by Crippen LogP contribution is -2.15. The predicted octanol–water partition coefficient (Wildman–Crippen LogP) is 5.11. The zero-order chi connectivity index (χ0) is 11.7. The molecule has 0 unspecified atom stereocenters. The molecular formula is C13H21BrS. The van der Waals surface area contributed by atoms with E-state index in [9.17, 15) is 0 Å². The van der Waals surface area contributed by atoms with Crippen LogP contribution in [0.2, 0.25) is 0 Å². The van der Waals surface area contributed by atoms with Gasteiger partial charge in [-0.25, -0.2) is 0 Å². The molecule has 86 valence electrons. The van der Waals surface area contributed by atoms with Crippen molar-refractivity contribution < 1.29 is 0 Å². The first kappa shape index (κ1) is 13.2. The van der Waals surface area contributed by atoms with Crippen molar-refractivity contribution in [2.45, 2.75) is 51.9 Å². The smallest absolute Gasteiger partial charge is 0.0105 e. The molecule has 0 aliphatic heterocycles. The summed E-state index contributed by atoms with van der Waals surface area (Å²) in [6.07, 6.45) is 1.19. The third kappa shape index (κ3) is 3.32. The van der Waals surface area contributed by atoms with Crippen molar-refractivity contribution in [3.8, 4) is 0 Å². The van der Waals surface area contributed by atoms with Gasteiger partial charge in [0.15, 0.2) is 0 Å². The second-order valence-corrected chi connectivity index (χ2v) is 7.61. The minimum Gasteiger partial charge on any atom is -0.144 e. The van der Waals surface area contributed by atoms with Crippen LogP contribution < -0.4 is 0 Å². The van der Waals surface area contributed by atoms with Gasteiger partial charge in [-0.3, -0.25) is 0 Å². The van der Waals surface area contributed by atoms with Gasteiger partial charge in [-0.15, -0.1) is 11.3 Å². The minimum atomic E-state index is 0.285. The fourth-order valence-electron chi connectivity index (χ4n) is 1.46. The van der Waals surface area contributed by atoms with Crippen molar-refractivity contribution >= 4 is 27.3 Å². The highest BCUT2D eigenvalue weighted by Gasteiger charge is 2.24. The lowest BCUT2D eigenvalue weighted by atomic mass is 9.88. The molecule has 1 aromatic heterocycles. The van der Waals surface area contributed by atoms with E-state index in [1.807, 2.05) is 11.3 Å². The van der Waals surface area contributed by atoms with E-state index in [2.05, 4.69) is 62.7 Å². The van der Waals surface area contributed by atoms with Gasteiger partial charge in [0.25, 0.3) is 0 Å². The van der Waals surface area contributed by atoms with E-state index in [1.165, 1.54) is 16.2 Å². The Labute approximate surface area is 106 Å². The highest BCUT2D eigenvalue weighted by Crippen LogP contribution is 2.37. The third-order valence-corrected chi connectivity index (χ3v) is 5.01. The van der Waals surface area contributed by atoms with Crippen LogP contribution in [0.5, 0.6) is 0 Å². The van der Waals surface area contributed by atoms with Gasteiger partial charge in [0.1, 0.15) is 0 Å². The topological polar surface area (TPSA) is 0 Å². The van der Waals surface area contributed by atoms with Gasteiger partial charge in [-0.1, -0.05) is 50.5 Å². The molecule has 0 N–H and O–H groups in total. The van der Waals surface area contributed by atoms with E-state index in [1.54, 1.807) is 0 Å². The van der Waals surface area contributed by atoms with E-state index >= 15 is 0 Å². The van der Waals surface area contributed by atoms with Gasteiger partial charge < -0.3 is 0 Å². The Kier molecular flexibility index (Phi) is 4.05. The molecule has 0 aliphatic rings. The molecule has 1 heterocycles. The van der Waals surface area contributed by atoms with E-state index in [0.29, 0.717) is 5.41 Å². The van der Waals surface area contributed by atoms with E-state index in [0.717, 1.165) is 5.33 Å². The number of hydrogen-bond donors (Lipinski definition) is 0. The summed E-state index contributed by atoms with van der Waals surface area (Å²) in [5, 5.41) is 1.07. The highest BCUT2D eigenvalue weighted by atomic mass is 79.9. The fourth-order valence-corrected chi connectivity index (χ4v) is 3.65. The Hall–Kier alpha value is 0.180. The van der Waals surface area contributed by atoms with Crippen LogP contribution in [0, 0.1) is 0 Å². The molecule has 0 saturated carbocycles. The highest BCUT2D eigenvalue weighted by molar-refractivity contribution is 9.09. The van der Waals surface area contributed by atoms with Crippen LogP contribution >= 0.6 is 27.3 Å². The number of alkyl halides is 1. The van der Waals surface area contributed by atoms with Gasteiger partial charge in [-0.05, 0) is 29.4 Å². The average Bonchev–Trinajstić information content (AvgIpc) is 2.50. The van der Waals surface area contributed by atoms with Crippen molar-refractivity contribution in [2.75, 3.05) is 5.33 Å². The lowest BCUT2D eigenvalue weighted by Gasteiger charge is -2.22. The van der Waals surface area contributed by atoms with Gasteiger partial charge in [0.2, 0.25) is 0 Å². The second kappa shape index (κ2) is 4.58. The molecule has 0 nitrogen and oxygen atoms in total. The predicted molar refractivity (Wildman–Crippen MR) is 74.5 cm³/mol. The quantitative estimate of drug-likeness (QED) is 0.678. The minimum absolute atomic E-state index is 0.285. The Morgan fingerprint density at radius 3 is 2.00 bits per heavy atom. The van der Waals surface area contributed by atoms with E-state index in [-0.39, 0.29) is 5.41 Å². The van der Waals surface area contributed by atoms with Crippen LogP contribution in [-0.2, 0) is 10.8 Å². The summed E-state index contributed by atoms with van der Waals surface area (Å²) in [6, 6.07) is 4.59. The molecule has 0 atom stereocenters. The molecule has 0 aliphatic carbocycles. The summed E-state index contributed by atoms with van der Waals surface area (Å²) >= 11 is 5.50. The summed E-state index contributed by atoms with van der Waals surface area (Å²) < 4.78 is 0. The van der Waals surface area contributed by atoms with Crippen LogP contribution in [0.15, 0.2) is 12.1 Å². The maximum absolute atomic E-state index is 3.53. The normalized spacial score (nSPS) is 13.2. The molecule has 0 amide bonds. The van der Waals surface area contributed by atoms with E-state index < -0.39 is 0 Å². The summed E-state index contributed by atoms with van der Waals surface area (Å²) in [7, 11) is 0. The molecule has 0 spiro atoms. The fraction of sp³-hybridized carbons (Fsp3) is 0.692. The van der Waals surface area contributed by atoms with Crippen LogP contribution in [0.4, 0.5) is 0 Å². The molecule has 0 fully saturated rings.